The second-order valence-electron chi connectivity index (χ2n) is 5.71. The van der Waals surface area contributed by atoms with E-state index in [9.17, 15) is 5.26 Å². The lowest BCUT2D eigenvalue weighted by atomic mass is 10.1. The van der Waals surface area contributed by atoms with E-state index in [1.165, 1.54) is 3.57 Å². The molecule has 4 nitrogen and oxygen atoms in total. The van der Waals surface area contributed by atoms with Crippen LogP contribution in [-0.4, -0.2) is 9.78 Å². The summed E-state index contributed by atoms with van der Waals surface area (Å²) in [6.45, 7) is 6.06. The lowest BCUT2D eigenvalue weighted by Gasteiger charge is -2.20. The first-order valence-corrected chi connectivity index (χ1v) is 7.43. The van der Waals surface area contributed by atoms with Gasteiger partial charge in [-0.1, -0.05) is 12.1 Å². The molecule has 0 spiro atoms. The Hall–Kier alpha value is -1.55. The van der Waals surface area contributed by atoms with Crippen molar-refractivity contribution in [1.29, 1.82) is 5.26 Å². The van der Waals surface area contributed by atoms with Gasteiger partial charge in [-0.3, -0.25) is 0 Å². The molecular weight excluding hydrogens is 363 g/mol. The van der Waals surface area contributed by atoms with Crippen LogP contribution in [0.5, 0.6) is 0 Å². The molecule has 0 atom stereocenters. The molecule has 0 unspecified atom stereocenters. The maximum atomic E-state index is 9.33. The van der Waals surface area contributed by atoms with Crippen LogP contribution < -0.4 is 5.73 Å². The quantitative estimate of drug-likeness (QED) is 0.814. The molecule has 0 fully saturated rings. The van der Waals surface area contributed by atoms with Gasteiger partial charge in [-0.2, -0.15) is 10.4 Å². The normalized spacial score (nSPS) is 11.3. The van der Waals surface area contributed by atoms with E-state index < -0.39 is 0 Å². The number of nitrogens with zero attached hydrogens (tertiary/aromatic N) is 3. The van der Waals surface area contributed by atoms with Crippen LogP contribution in [0.4, 0.5) is 5.82 Å². The fraction of sp³-hybridized carbons (Fsp3) is 0.333. The summed E-state index contributed by atoms with van der Waals surface area (Å²) in [7, 11) is 0. The second kappa shape index (κ2) is 5.44. The molecule has 0 saturated carbocycles. The van der Waals surface area contributed by atoms with Crippen molar-refractivity contribution in [3.8, 4) is 6.07 Å². The Labute approximate surface area is 132 Å². The molecule has 0 aliphatic carbocycles. The highest BCUT2D eigenvalue weighted by Crippen LogP contribution is 2.25. The molecular formula is C15H17IN4. The third-order valence-electron chi connectivity index (χ3n) is 3.00. The zero-order valence-corrected chi connectivity index (χ0v) is 14.0. The first-order valence-electron chi connectivity index (χ1n) is 6.35. The molecule has 2 rings (SSSR count). The predicted molar refractivity (Wildman–Crippen MR) is 88.3 cm³/mol. The molecule has 0 radical (unpaired) electrons. The molecule has 20 heavy (non-hydrogen) atoms. The van der Waals surface area contributed by atoms with Crippen molar-refractivity contribution in [2.75, 3.05) is 5.73 Å². The number of halogens is 1. The van der Waals surface area contributed by atoms with Crippen molar-refractivity contribution in [2.24, 2.45) is 0 Å². The summed E-state index contributed by atoms with van der Waals surface area (Å²) in [5.74, 6) is 0.445. The molecule has 0 bridgehead atoms. The lowest BCUT2D eigenvalue weighted by Crippen LogP contribution is -2.25. The minimum Gasteiger partial charge on any atom is -0.383 e. The highest BCUT2D eigenvalue weighted by molar-refractivity contribution is 14.1. The lowest BCUT2D eigenvalue weighted by molar-refractivity contribution is 0.359. The molecule has 104 valence electrons. The van der Waals surface area contributed by atoms with Crippen LogP contribution >= 0.6 is 22.6 Å². The maximum absolute atomic E-state index is 9.33. The zero-order valence-electron chi connectivity index (χ0n) is 11.8. The van der Waals surface area contributed by atoms with E-state index >= 15 is 0 Å². The molecule has 0 amide bonds. The van der Waals surface area contributed by atoms with E-state index in [0.29, 0.717) is 17.8 Å². The highest BCUT2D eigenvalue weighted by atomic mass is 127. The van der Waals surface area contributed by atoms with Crippen molar-refractivity contribution in [3.63, 3.8) is 0 Å². The summed E-state index contributed by atoms with van der Waals surface area (Å²) in [5, 5.41) is 13.9. The summed E-state index contributed by atoms with van der Waals surface area (Å²) in [6.07, 6.45) is 0.618. The van der Waals surface area contributed by atoms with Crippen molar-refractivity contribution in [2.45, 2.75) is 32.7 Å². The molecule has 2 aromatic rings. The van der Waals surface area contributed by atoms with Gasteiger partial charge in [0.15, 0.2) is 0 Å². The minimum absolute atomic E-state index is 0.237. The smallest absolute Gasteiger partial charge is 0.140 e. The van der Waals surface area contributed by atoms with E-state index in [0.717, 1.165) is 11.3 Å². The van der Waals surface area contributed by atoms with Crippen LogP contribution in [0.3, 0.4) is 0 Å². The number of hydrogen-bond acceptors (Lipinski definition) is 3. The Morgan fingerprint density at radius 2 is 2.10 bits per heavy atom. The molecule has 0 saturated heterocycles. The van der Waals surface area contributed by atoms with Crippen LogP contribution in [0, 0.1) is 14.9 Å². The van der Waals surface area contributed by atoms with Gasteiger partial charge in [-0.25, -0.2) is 4.68 Å². The van der Waals surface area contributed by atoms with Crippen LogP contribution in [-0.2, 0) is 12.0 Å². The number of aromatic nitrogens is 2. The van der Waals surface area contributed by atoms with E-state index in [1.54, 1.807) is 4.68 Å². The van der Waals surface area contributed by atoms with E-state index in [1.807, 2.05) is 39.0 Å². The predicted octanol–water partition coefficient (Wildman–Crippen LogP) is 3.29. The Kier molecular flexibility index (Phi) is 4.04. The van der Waals surface area contributed by atoms with E-state index in [-0.39, 0.29) is 5.54 Å². The van der Waals surface area contributed by atoms with Gasteiger partial charge in [0.25, 0.3) is 0 Å². The van der Waals surface area contributed by atoms with Crippen molar-refractivity contribution < 1.29 is 0 Å². The highest BCUT2D eigenvalue weighted by Gasteiger charge is 2.23. The SMILES string of the molecule is CC(C)(C)n1nc(Cc2cccc(I)c2)c(C#N)c1N. The van der Waals surface area contributed by atoms with Gasteiger partial charge in [0.2, 0.25) is 0 Å². The number of nitrogens with two attached hydrogens (primary N) is 1. The average molecular weight is 380 g/mol. The van der Waals surface area contributed by atoms with Gasteiger partial charge >= 0.3 is 0 Å². The van der Waals surface area contributed by atoms with Gasteiger partial charge in [-0.15, -0.1) is 0 Å². The topological polar surface area (TPSA) is 67.6 Å². The van der Waals surface area contributed by atoms with Gasteiger partial charge in [0.05, 0.1) is 11.2 Å². The monoisotopic (exact) mass is 380 g/mol. The van der Waals surface area contributed by atoms with Crippen molar-refractivity contribution in [3.05, 3.63) is 44.7 Å². The van der Waals surface area contributed by atoms with E-state index in [4.69, 9.17) is 5.73 Å². The van der Waals surface area contributed by atoms with Gasteiger partial charge in [0, 0.05) is 9.99 Å². The van der Waals surface area contributed by atoms with Crippen molar-refractivity contribution >= 4 is 28.4 Å². The number of rotatable bonds is 2. The number of nitriles is 1. The molecule has 0 aliphatic rings. The summed E-state index contributed by atoms with van der Waals surface area (Å²) in [5.41, 5.74) is 8.18. The molecule has 1 aromatic heterocycles. The van der Waals surface area contributed by atoms with Crippen molar-refractivity contribution in [1.82, 2.24) is 9.78 Å². The number of hydrogen-bond donors (Lipinski definition) is 1. The van der Waals surface area contributed by atoms with Crippen LogP contribution in [0.2, 0.25) is 0 Å². The largest absolute Gasteiger partial charge is 0.383 e. The van der Waals surface area contributed by atoms with Crippen LogP contribution in [0.1, 0.15) is 37.6 Å². The summed E-state index contributed by atoms with van der Waals surface area (Å²) in [4.78, 5) is 0. The fourth-order valence-electron chi connectivity index (χ4n) is 2.08. The average Bonchev–Trinajstić information content (AvgIpc) is 2.65. The molecule has 5 heteroatoms. The van der Waals surface area contributed by atoms with E-state index in [2.05, 4.69) is 39.8 Å². The van der Waals surface area contributed by atoms with Crippen LogP contribution in [0.25, 0.3) is 0 Å². The Morgan fingerprint density at radius 1 is 1.40 bits per heavy atom. The first kappa shape index (κ1) is 14.9. The molecule has 2 N–H and O–H groups in total. The summed E-state index contributed by atoms with van der Waals surface area (Å²) >= 11 is 2.28. The number of nitrogen functional groups attached to an aromatic ring is 1. The Balaban J connectivity index is 2.45. The minimum atomic E-state index is -0.237. The summed E-state index contributed by atoms with van der Waals surface area (Å²) < 4.78 is 2.90. The van der Waals surface area contributed by atoms with Crippen LogP contribution in [0.15, 0.2) is 24.3 Å². The standard InChI is InChI=1S/C15H17IN4/c1-15(2,3)20-14(18)12(9-17)13(19-20)8-10-5-4-6-11(16)7-10/h4-7H,8,18H2,1-3H3. The Bertz CT molecular complexity index is 674. The zero-order chi connectivity index (χ0) is 14.9. The first-order chi connectivity index (χ1) is 9.32. The number of benzene rings is 1. The second-order valence-corrected chi connectivity index (χ2v) is 6.95. The molecule has 1 heterocycles. The van der Waals surface area contributed by atoms with Gasteiger partial charge < -0.3 is 5.73 Å². The molecule has 1 aromatic carbocycles. The third-order valence-corrected chi connectivity index (χ3v) is 3.67. The Morgan fingerprint density at radius 3 is 2.65 bits per heavy atom. The summed E-state index contributed by atoms with van der Waals surface area (Å²) in [6, 6.07) is 10.4. The maximum Gasteiger partial charge on any atom is 0.140 e. The fourth-order valence-corrected chi connectivity index (χ4v) is 2.68. The van der Waals surface area contributed by atoms with Gasteiger partial charge in [-0.05, 0) is 61.1 Å². The number of anilines is 1. The van der Waals surface area contributed by atoms with Gasteiger partial charge in [0.1, 0.15) is 17.5 Å². The third kappa shape index (κ3) is 2.96. The molecule has 0 aliphatic heterocycles.